The second-order valence-electron chi connectivity index (χ2n) is 10.0. The van der Waals surface area contributed by atoms with E-state index in [0.29, 0.717) is 6.92 Å². The highest BCUT2D eigenvalue weighted by atomic mass is 32.2. The Balaban J connectivity index is 1.73. The van der Waals surface area contributed by atoms with E-state index in [1.165, 1.54) is 11.0 Å². The Hall–Kier alpha value is -2.74. The van der Waals surface area contributed by atoms with Gasteiger partial charge in [-0.25, -0.2) is 12.8 Å². The highest BCUT2D eigenvalue weighted by Crippen LogP contribution is 2.43. The molecule has 1 fully saturated rings. The fourth-order valence-corrected chi connectivity index (χ4v) is 6.58. The molecule has 2 aliphatic rings. The summed E-state index contributed by atoms with van der Waals surface area (Å²) in [5.74, 6) is -1.13. The number of nitrogens with zero attached hydrogens (tertiary/aromatic N) is 2. The molecule has 38 heavy (non-hydrogen) atoms. The maximum Gasteiger partial charge on any atom is 0.421 e. The second kappa shape index (κ2) is 9.78. The number of carbonyl (C=O) groups excluding carboxylic acids is 1. The SMILES string of the molecule is CC(O)(c1ccc2c(c1)CC[C@@H](CC(=O)N1CCC(O)(CO)C1)N2S(=O)(=O)c1ccc(F)cc1)C(F)(F)F. The van der Waals surface area contributed by atoms with Crippen LogP contribution >= 0.6 is 0 Å². The van der Waals surface area contributed by atoms with Gasteiger partial charge in [-0.15, -0.1) is 0 Å². The second-order valence-corrected chi connectivity index (χ2v) is 11.8. The Labute approximate surface area is 217 Å². The van der Waals surface area contributed by atoms with Crippen LogP contribution in [-0.4, -0.2) is 72.1 Å². The minimum Gasteiger partial charge on any atom is -0.393 e. The van der Waals surface area contributed by atoms with Crippen LogP contribution in [0.3, 0.4) is 0 Å². The Morgan fingerprint density at radius 2 is 1.82 bits per heavy atom. The molecule has 208 valence electrons. The van der Waals surface area contributed by atoms with Gasteiger partial charge in [-0.1, -0.05) is 12.1 Å². The summed E-state index contributed by atoms with van der Waals surface area (Å²) in [6, 6.07) is 6.38. The average Bonchev–Trinajstić information content (AvgIpc) is 3.26. The number of β-amino-alcohol motifs (C(OH)–C–C–N with tert-alkyl or cyclic N) is 1. The maximum atomic E-state index is 13.7. The van der Waals surface area contributed by atoms with Crippen molar-refractivity contribution in [1.29, 1.82) is 0 Å². The molecule has 1 saturated heterocycles. The highest BCUT2D eigenvalue weighted by molar-refractivity contribution is 7.92. The molecule has 3 atom stereocenters. The van der Waals surface area contributed by atoms with Gasteiger partial charge in [0.1, 0.15) is 11.4 Å². The summed E-state index contributed by atoms with van der Waals surface area (Å²) in [6.07, 6.45) is -4.90. The molecule has 0 aliphatic carbocycles. The van der Waals surface area contributed by atoms with E-state index in [1.54, 1.807) is 0 Å². The molecule has 0 radical (unpaired) electrons. The van der Waals surface area contributed by atoms with Gasteiger partial charge < -0.3 is 20.2 Å². The van der Waals surface area contributed by atoms with Crippen LogP contribution in [-0.2, 0) is 26.8 Å². The van der Waals surface area contributed by atoms with E-state index < -0.39 is 57.3 Å². The number of hydrogen-bond acceptors (Lipinski definition) is 6. The van der Waals surface area contributed by atoms with Crippen LogP contribution < -0.4 is 4.31 Å². The quantitative estimate of drug-likeness (QED) is 0.468. The number of carbonyl (C=O) groups is 1. The van der Waals surface area contributed by atoms with Crippen molar-refractivity contribution in [3.8, 4) is 0 Å². The summed E-state index contributed by atoms with van der Waals surface area (Å²) in [6.45, 7) is 0.115. The third-order valence-electron chi connectivity index (χ3n) is 7.27. The Morgan fingerprint density at radius 3 is 2.39 bits per heavy atom. The summed E-state index contributed by atoms with van der Waals surface area (Å²) in [5, 5.41) is 29.8. The molecule has 0 bridgehead atoms. The predicted octanol–water partition coefficient (Wildman–Crippen LogP) is 2.45. The predicted molar refractivity (Wildman–Crippen MR) is 128 cm³/mol. The average molecular weight is 561 g/mol. The molecule has 0 spiro atoms. The van der Waals surface area contributed by atoms with Crippen LogP contribution in [0.1, 0.15) is 37.3 Å². The van der Waals surface area contributed by atoms with E-state index >= 15 is 0 Å². The fraction of sp³-hybridized carbons (Fsp3) is 0.480. The van der Waals surface area contributed by atoms with Gasteiger partial charge in [-0.3, -0.25) is 9.10 Å². The van der Waals surface area contributed by atoms with E-state index in [1.807, 2.05) is 0 Å². The van der Waals surface area contributed by atoms with E-state index in [-0.39, 0.29) is 54.9 Å². The smallest absolute Gasteiger partial charge is 0.393 e. The number of likely N-dealkylation sites (tertiary alicyclic amines) is 1. The van der Waals surface area contributed by atoms with Gasteiger partial charge in [-0.2, -0.15) is 13.2 Å². The number of aryl methyl sites for hydroxylation is 1. The number of alkyl halides is 3. The lowest BCUT2D eigenvalue weighted by Crippen LogP contribution is -2.47. The molecule has 2 heterocycles. The van der Waals surface area contributed by atoms with Crippen LogP contribution in [0.2, 0.25) is 0 Å². The maximum absolute atomic E-state index is 13.7. The van der Waals surface area contributed by atoms with Crippen LogP contribution in [0, 0.1) is 5.82 Å². The lowest BCUT2D eigenvalue weighted by atomic mass is 9.89. The topological polar surface area (TPSA) is 118 Å². The largest absolute Gasteiger partial charge is 0.421 e. The lowest BCUT2D eigenvalue weighted by Gasteiger charge is -2.39. The molecule has 0 aromatic heterocycles. The van der Waals surface area contributed by atoms with Crippen molar-refractivity contribution in [3.63, 3.8) is 0 Å². The lowest BCUT2D eigenvalue weighted by molar-refractivity contribution is -0.258. The molecule has 1 amide bonds. The Kier molecular flexibility index (Phi) is 7.27. The van der Waals surface area contributed by atoms with Crippen molar-refractivity contribution in [2.24, 2.45) is 0 Å². The summed E-state index contributed by atoms with van der Waals surface area (Å²) < 4.78 is 82.3. The van der Waals surface area contributed by atoms with Gasteiger partial charge in [0.25, 0.3) is 10.0 Å². The molecule has 3 N–H and O–H groups in total. The van der Waals surface area contributed by atoms with Crippen LogP contribution in [0.4, 0.5) is 23.2 Å². The fourth-order valence-electron chi connectivity index (χ4n) is 4.86. The van der Waals surface area contributed by atoms with E-state index in [0.717, 1.165) is 40.7 Å². The first-order valence-electron chi connectivity index (χ1n) is 11.9. The number of sulfonamides is 1. The molecule has 2 aromatic rings. The van der Waals surface area contributed by atoms with Gasteiger partial charge in [0.05, 0.1) is 29.8 Å². The molecule has 2 aliphatic heterocycles. The number of benzene rings is 2. The number of hydrogen-bond donors (Lipinski definition) is 3. The van der Waals surface area contributed by atoms with Crippen molar-refractivity contribution in [2.75, 3.05) is 24.0 Å². The summed E-state index contributed by atoms with van der Waals surface area (Å²) in [5.41, 5.74) is -4.79. The van der Waals surface area contributed by atoms with Crippen molar-refractivity contribution in [1.82, 2.24) is 4.90 Å². The highest BCUT2D eigenvalue weighted by Gasteiger charge is 2.51. The number of fused-ring (bicyclic) bond motifs is 1. The molecule has 2 aromatic carbocycles. The van der Waals surface area contributed by atoms with Crippen LogP contribution in [0.15, 0.2) is 47.4 Å². The molecule has 8 nitrogen and oxygen atoms in total. The van der Waals surface area contributed by atoms with Crippen molar-refractivity contribution in [3.05, 3.63) is 59.4 Å². The number of aliphatic hydroxyl groups excluding tert-OH is 1. The van der Waals surface area contributed by atoms with Gasteiger partial charge in [0, 0.05) is 13.0 Å². The third kappa shape index (κ3) is 5.12. The Morgan fingerprint density at radius 1 is 1.16 bits per heavy atom. The number of halogens is 4. The first kappa shape index (κ1) is 28.3. The first-order valence-corrected chi connectivity index (χ1v) is 13.4. The third-order valence-corrected chi connectivity index (χ3v) is 9.15. The van der Waals surface area contributed by atoms with Crippen molar-refractivity contribution < 1.29 is 46.1 Å². The zero-order chi connectivity index (χ0) is 28.1. The summed E-state index contributed by atoms with van der Waals surface area (Å²) in [7, 11) is -4.39. The van der Waals surface area contributed by atoms with Crippen LogP contribution in [0.5, 0.6) is 0 Å². The molecular formula is C25H28F4N2O6S. The minimum absolute atomic E-state index is 0.0494. The van der Waals surface area contributed by atoms with Gasteiger partial charge in [0.15, 0.2) is 5.60 Å². The zero-order valence-corrected chi connectivity index (χ0v) is 21.3. The number of rotatable bonds is 6. The van der Waals surface area contributed by atoms with Crippen molar-refractivity contribution in [2.45, 2.75) is 60.9 Å². The van der Waals surface area contributed by atoms with E-state index in [4.69, 9.17) is 0 Å². The number of aliphatic hydroxyl groups is 3. The first-order chi connectivity index (χ1) is 17.6. The van der Waals surface area contributed by atoms with Gasteiger partial charge in [-0.05, 0) is 67.6 Å². The van der Waals surface area contributed by atoms with Gasteiger partial charge in [0.2, 0.25) is 5.91 Å². The summed E-state index contributed by atoms with van der Waals surface area (Å²) in [4.78, 5) is 14.1. The molecule has 2 unspecified atom stereocenters. The molecule has 13 heteroatoms. The summed E-state index contributed by atoms with van der Waals surface area (Å²) >= 11 is 0. The standard InChI is InChI=1S/C25H28F4N2O6S/c1-23(34,25(27,28)29)17-3-9-21-16(12-17)2-6-19(13-22(33)30-11-10-24(35,14-30)15-32)31(21)38(36,37)20-7-4-18(26)5-8-20/h3-5,7-9,12,19,32,34-35H,2,6,10-11,13-15H2,1H3/t19-,23?,24?/m0/s1. The monoisotopic (exact) mass is 560 g/mol. The minimum atomic E-state index is -4.98. The molecule has 0 saturated carbocycles. The van der Waals surface area contributed by atoms with Crippen LogP contribution in [0.25, 0.3) is 0 Å². The Bertz CT molecular complexity index is 1320. The zero-order valence-electron chi connectivity index (χ0n) is 20.4. The number of anilines is 1. The van der Waals surface area contributed by atoms with E-state index in [2.05, 4.69) is 0 Å². The van der Waals surface area contributed by atoms with Crippen molar-refractivity contribution >= 4 is 21.6 Å². The number of amides is 1. The van der Waals surface area contributed by atoms with E-state index in [9.17, 15) is 46.1 Å². The molecule has 4 rings (SSSR count). The van der Waals surface area contributed by atoms with Gasteiger partial charge >= 0.3 is 6.18 Å². The normalized spacial score (nSPS) is 23.7. The molecular weight excluding hydrogens is 532 g/mol.